The van der Waals surface area contributed by atoms with E-state index in [2.05, 4.69) is 52.0 Å². The van der Waals surface area contributed by atoms with Gasteiger partial charge in [-0.15, -0.1) is 0 Å². The molecule has 0 unspecified atom stereocenters. The Balaban J connectivity index is 2.21. The number of pyridine rings is 1. The first kappa shape index (κ1) is 16.1. The maximum atomic E-state index is 11.8. The molecule has 4 nitrogen and oxygen atoms in total. The van der Waals surface area contributed by atoms with Gasteiger partial charge >= 0.3 is 0 Å². The second kappa shape index (κ2) is 8.27. The monoisotopic (exact) mass is 327 g/mol. The topological polar surface area (TPSA) is 45.2 Å². The molecule has 1 aromatic heterocycles. The smallest absolute Gasteiger partial charge is 0.252 e. The highest BCUT2D eigenvalue weighted by Crippen LogP contribution is 2.09. The standard InChI is InChI=1S/C14H22BrN3O/c1-11(2)18(3)7-5-4-6-17-14(19)12-8-13(15)10-16-9-12/h8-11H,4-7H2,1-3H3,(H,17,19). The van der Waals surface area contributed by atoms with Crippen LogP contribution in [0, 0.1) is 0 Å². The molecule has 106 valence electrons. The minimum Gasteiger partial charge on any atom is -0.352 e. The van der Waals surface area contributed by atoms with E-state index in [4.69, 9.17) is 0 Å². The van der Waals surface area contributed by atoms with Crippen molar-refractivity contribution in [2.24, 2.45) is 0 Å². The van der Waals surface area contributed by atoms with Crippen LogP contribution >= 0.6 is 15.9 Å². The highest BCUT2D eigenvalue weighted by molar-refractivity contribution is 9.10. The van der Waals surface area contributed by atoms with E-state index in [1.807, 2.05) is 0 Å². The Bertz CT molecular complexity index is 409. The van der Waals surface area contributed by atoms with Gasteiger partial charge in [0.05, 0.1) is 5.56 Å². The molecule has 0 atom stereocenters. The lowest BCUT2D eigenvalue weighted by atomic mass is 10.2. The van der Waals surface area contributed by atoms with E-state index in [1.54, 1.807) is 18.5 Å². The Hall–Kier alpha value is -0.940. The molecule has 0 aliphatic heterocycles. The summed E-state index contributed by atoms with van der Waals surface area (Å²) in [7, 11) is 2.12. The molecule has 0 aliphatic carbocycles. The van der Waals surface area contributed by atoms with Crippen LogP contribution in [0.2, 0.25) is 0 Å². The summed E-state index contributed by atoms with van der Waals surface area (Å²) in [5.74, 6) is -0.0639. The first-order valence-electron chi connectivity index (χ1n) is 6.59. The maximum Gasteiger partial charge on any atom is 0.252 e. The van der Waals surface area contributed by atoms with Gasteiger partial charge in [-0.25, -0.2) is 0 Å². The molecule has 1 heterocycles. The van der Waals surface area contributed by atoms with Gasteiger partial charge in [-0.3, -0.25) is 9.78 Å². The predicted octanol–water partition coefficient (Wildman–Crippen LogP) is 2.69. The van der Waals surface area contributed by atoms with Gasteiger partial charge in [-0.05, 0) is 62.3 Å². The molecular formula is C14H22BrN3O. The molecule has 0 saturated carbocycles. The number of carbonyl (C=O) groups is 1. The molecule has 1 N–H and O–H groups in total. The summed E-state index contributed by atoms with van der Waals surface area (Å²) in [4.78, 5) is 18.1. The summed E-state index contributed by atoms with van der Waals surface area (Å²) in [6, 6.07) is 2.34. The summed E-state index contributed by atoms with van der Waals surface area (Å²) >= 11 is 3.30. The van der Waals surface area contributed by atoms with E-state index in [-0.39, 0.29) is 5.91 Å². The van der Waals surface area contributed by atoms with Gasteiger partial charge in [0, 0.05) is 29.5 Å². The van der Waals surface area contributed by atoms with Gasteiger partial charge in [-0.1, -0.05) is 0 Å². The van der Waals surface area contributed by atoms with Gasteiger partial charge in [0.15, 0.2) is 0 Å². The molecule has 0 spiro atoms. The number of nitrogens with zero attached hydrogens (tertiary/aromatic N) is 2. The number of hydrogen-bond donors (Lipinski definition) is 1. The Morgan fingerprint density at radius 2 is 2.16 bits per heavy atom. The molecule has 1 aromatic rings. The van der Waals surface area contributed by atoms with Crippen LogP contribution in [0.4, 0.5) is 0 Å². The molecule has 5 heteroatoms. The summed E-state index contributed by atoms with van der Waals surface area (Å²) in [5, 5.41) is 2.91. The van der Waals surface area contributed by atoms with E-state index >= 15 is 0 Å². The van der Waals surface area contributed by atoms with E-state index in [1.165, 1.54) is 0 Å². The molecular weight excluding hydrogens is 306 g/mol. The summed E-state index contributed by atoms with van der Waals surface area (Å²) in [5.41, 5.74) is 0.591. The fourth-order valence-corrected chi connectivity index (χ4v) is 1.95. The van der Waals surface area contributed by atoms with Crippen LogP contribution in [0.15, 0.2) is 22.9 Å². The van der Waals surface area contributed by atoms with Gasteiger partial charge < -0.3 is 10.2 Å². The van der Waals surface area contributed by atoms with Crippen molar-refractivity contribution >= 4 is 21.8 Å². The zero-order chi connectivity index (χ0) is 14.3. The fourth-order valence-electron chi connectivity index (χ4n) is 1.58. The van der Waals surface area contributed by atoms with Gasteiger partial charge in [0.25, 0.3) is 5.91 Å². The van der Waals surface area contributed by atoms with Crippen LogP contribution in [-0.4, -0.2) is 42.0 Å². The van der Waals surface area contributed by atoms with Crippen LogP contribution in [0.3, 0.4) is 0 Å². The SMILES string of the molecule is CC(C)N(C)CCCCNC(=O)c1cncc(Br)c1. The minimum atomic E-state index is -0.0639. The minimum absolute atomic E-state index is 0.0639. The van der Waals surface area contributed by atoms with Crippen LogP contribution in [0.5, 0.6) is 0 Å². The molecule has 0 radical (unpaired) electrons. The average molecular weight is 328 g/mol. The Morgan fingerprint density at radius 3 is 2.79 bits per heavy atom. The van der Waals surface area contributed by atoms with Crippen molar-refractivity contribution in [3.63, 3.8) is 0 Å². The highest BCUT2D eigenvalue weighted by Gasteiger charge is 2.06. The largest absolute Gasteiger partial charge is 0.352 e. The van der Waals surface area contributed by atoms with Crippen LogP contribution < -0.4 is 5.32 Å². The number of halogens is 1. The lowest BCUT2D eigenvalue weighted by Gasteiger charge is -2.20. The molecule has 0 bridgehead atoms. The third kappa shape index (κ3) is 6.16. The molecule has 0 aromatic carbocycles. The molecule has 0 saturated heterocycles. The third-order valence-electron chi connectivity index (χ3n) is 3.07. The summed E-state index contributed by atoms with van der Waals surface area (Å²) in [6.45, 7) is 6.13. The van der Waals surface area contributed by atoms with E-state index in [0.29, 0.717) is 18.2 Å². The lowest BCUT2D eigenvalue weighted by Crippen LogP contribution is -2.29. The summed E-state index contributed by atoms with van der Waals surface area (Å²) < 4.78 is 0.818. The second-order valence-electron chi connectivity index (χ2n) is 4.93. The first-order valence-corrected chi connectivity index (χ1v) is 7.39. The van der Waals surface area contributed by atoms with Crippen molar-refractivity contribution in [1.82, 2.24) is 15.2 Å². The van der Waals surface area contributed by atoms with E-state index in [0.717, 1.165) is 23.9 Å². The fraction of sp³-hybridized carbons (Fsp3) is 0.571. The lowest BCUT2D eigenvalue weighted by molar-refractivity contribution is 0.0952. The summed E-state index contributed by atoms with van der Waals surface area (Å²) in [6.07, 6.45) is 5.32. The number of nitrogens with one attached hydrogen (secondary N) is 1. The number of aromatic nitrogens is 1. The van der Waals surface area contributed by atoms with E-state index in [9.17, 15) is 4.79 Å². The van der Waals surface area contributed by atoms with Gasteiger partial charge in [0.1, 0.15) is 0 Å². The Morgan fingerprint density at radius 1 is 1.42 bits per heavy atom. The zero-order valence-corrected chi connectivity index (χ0v) is 13.4. The van der Waals surface area contributed by atoms with Crippen molar-refractivity contribution in [1.29, 1.82) is 0 Å². The molecule has 19 heavy (non-hydrogen) atoms. The molecule has 1 amide bonds. The van der Waals surface area contributed by atoms with Crippen LogP contribution in [0.25, 0.3) is 0 Å². The Labute approximate surface area is 123 Å². The zero-order valence-electron chi connectivity index (χ0n) is 11.8. The number of rotatable bonds is 7. The van der Waals surface area contributed by atoms with Crippen molar-refractivity contribution < 1.29 is 4.79 Å². The molecule has 1 rings (SSSR count). The van der Waals surface area contributed by atoms with E-state index < -0.39 is 0 Å². The van der Waals surface area contributed by atoms with Crippen molar-refractivity contribution in [2.45, 2.75) is 32.7 Å². The number of carbonyl (C=O) groups excluding carboxylic acids is 1. The average Bonchev–Trinajstić information content (AvgIpc) is 2.37. The molecule has 0 fully saturated rings. The second-order valence-corrected chi connectivity index (χ2v) is 5.84. The highest BCUT2D eigenvalue weighted by atomic mass is 79.9. The van der Waals surface area contributed by atoms with Crippen molar-refractivity contribution in [3.8, 4) is 0 Å². The number of amides is 1. The van der Waals surface area contributed by atoms with Gasteiger partial charge in [-0.2, -0.15) is 0 Å². The van der Waals surface area contributed by atoms with Crippen molar-refractivity contribution in [3.05, 3.63) is 28.5 Å². The predicted molar refractivity (Wildman–Crippen MR) is 81.3 cm³/mol. The quantitative estimate of drug-likeness (QED) is 0.783. The molecule has 0 aliphatic rings. The normalized spacial score (nSPS) is 11.1. The van der Waals surface area contributed by atoms with Crippen LogP contribution in [-0.2, 0) is 0 Å². The number of unbranched alkanes of at least 4 members (excludes halogenated alkanes) is 1. The maximum absolute atomic E-state index is 11.8. The van der Waals surface area contributed by atoms with Crippen molar-refractivity contribution in [2.75, 3.05) is 20.1 Å². The van der Waals surface area contributed by atoms with Gasteiger partial charge in [0.2, 0.25) is 0 Å². The number of hydrogen-bond acceptors (Lipinski definition) is 3. The van der Waals surface area contributed by atoms with Crippen LogP contribution in [0.1, 0.15) is 37.0 Å². The third-order valence-corrected chi connectivity index (χ3v) is 3.51. The Kier molecular flexibility index (Phi) is 7.02. The first-order chi connectivity index (χ1) is 9.00.